The molecule has 35 heavy (non-hydrogen) atoms. The fourth-order valence-electron chi connectivity index (χ4n) is 3.26. The highest BCUT2D eigenvalue weighted by Gasteiger charge is 2.28. The molecule has 0 aromatic heterocycles. The maximum absolute atomic E-state index is 13.6. The van der Waals surface area contributed by atoms with E-state index in [2.05, 4.69) is 21.2 Å². The minimum absolute atomic E-state index is 0.0227. The van der Waals surface area contributed by atoms with Crippen molar-refractivity contribution in [3.8, 4) is 5.75 Å². The number of amides is 1. The minimum Gasteiger partial charge on any atom is -0.496 e. The summed E-state index contributed by atoms with van der Waals surface area (Å²) in [6.07, 6.45) is 0. The van der Waals surface area contributed by atoms with E-state index in [1.165, 1.54) is 31.4 Å². The first-order valence-corrected chi connectivity index (χ1v) is 12.9. The van der Waals surface area contributed by atoms with E-state index in [4.69, 9.17) is 9.47 Å². The fourth-order valence-corrected chi connectivity index (χ4v) is 5.40. The van der Waals surface area contributed by atoms with E-state index >= 15 is 0 Å². The molecule has 0 aliphatic carbocycles. The highest BCUT2D eigenvalue weighted by Crippen LogP contribution is 2.31. The number of esters is 1. The predicted molar refractivity (Wildman–Crippen MR) is 137 cm³/mol. The van der Waals surface area contributed by atoms with Gasteiger partial charge in [-0.1, -0.05) is 29.8 Å². The van der Waals surface area contributed by atoms with Crippen LogP contribution >= 0.6 is 15.9 Å². The Balaban J connectivity index is 1.96. The monoisotopic (exact) mass is 560 g/mol. The van der Waals surface area contributed by atoms with Crippen LogP contribution < -0.4 is 14.4 Å². The van der Waals surface area contributed by atoms with Crippen molar-refractivity contribution in [1.29, 1.82) is 0 Å². The SMILES string of the molecule is CCOC(=O)c1ccccc1NC(=O)CN(c1ccc(C)cc1)S(=O)(=O)c1ccc(OC)c(Br)c1. The molecule has 0 saturated carbocycles. The quantitative estimate of drug-likeness (QED) is 0.378. The average Bonchev–Trinajstić information content (AvgIpc) is 2.83. The number of rotatable bonds is 9. The second-order valence-electron chi connectivity index (χ2n) is 7.46. The molecule has 1 amide bonds. The van der Waals surface area contributed by atoms with Crippen LogP contribution in [0.5, 0.6) is 5.75 Å². The van der Waals surface area contributed by atoms with Gasteiger partial charge in [0.05, 0.1) is 40.0 Å². The van der Waals surface area contributed by atoms with E-state index in [0.717, 1.165) is 9.87 Å². The van der Waals surface area contributed by atoms with Crippen molar-refractivity contribution in [2.45, 2.75) is 18.7 Å². The summed E-state index contributed by atoms with van der Waals surface area (Å²) in [5, 5.41) is 2.64. The fraction of sp³-hybridized carbons (Fsp3) is 0.200. The van der Waals surface area contributed by atoms with Gasteiger partial charge in [-0.05, 0) is 72.2 Å². The van der Waals surface area contributed by atoms with Gasteiger partial charge in [0.25, 0.3) is 10.0 Å². The standard InChI is InChI=1S/C25H25BrN2O6S/c1-4-34-25(30)20-7-5-6-8-22(20)27-24(29)16-28(18-11-9-17(2)10-12-18)35(31,32)19-13-14-23(33-3)21(26)15-19/h5-15H,4,16H2,1-3H3,(H,27,29). The summed E-state index contributed by atoms with van der Waals surface area (Å²) in [5.41, 5.74) is 1.65. The number of sulfonamides is 1. The Morgan fingerprint density at radius 1 is 1.03 bits per heavy atom. The van der Waals surface area contributed by atoms with Crippen molar-refractivity contribution in [2.24, 2.45) is 0 Å². The van der Waals surface area contributed by atoms with Gasteiger partial charge < -0.3 is 14.8 Å². The zero-order chi connectivity index (χ0) is 25.6. The van der Waals surface area contributed by atoms with Gasteiger partial charge in [-0.15, -0.1) is 0 Å². The molecule has 0 aliphatic rings. The van der Waals surface area contributed by atoms with Crippen molar-refractivity contribution in [2.75, 3.05) is 29.9 Å². The van der Waals surface area contributed by atoms with Gasteiger partial charge >= 0.3 is 5.97 Å². The molecule has 184 valence electrons. The first-order valence-electron chi connectivity index (χ1n) is 10.7. The van der Waals surface area contributed by atoms with Crippen molar-refractivity contribution in [1.82, 2.24) is 0 Å². The Labute approximate surface area is 213 Å². The van der Waals surface area contributed by atoms with E-state index in [9.17, 15) is 18.0 Å². The molecule has 1 N–H and O–H groups in total. The maximum Gasteiger partial charge on any atom is 0.340 e. The number of hydrogen-bond acceptors (Lipinski definition) is 6. The lowest BCUT2D eigenvalue weighted by molar-refractivity contribution is -0.114. The van der Waals surface area contributed by atoms with E-state index < -0.39 is 28.4 Å². The second-order valence-corrected chi connectivity index (χ2v) is 10.2. The molecule has 0 bridgehead atoms. The lowest BCUT2D eigenvalue weighted by Gasteiger charge is -2.24. The van der Waals surface area contributed by atoms with Crippen LogP contribution in [0.1, 0.15) is 22.8 Å². The number of carbonyl (C=O) groups is 2. The molecule has 0 fully saturated rings. The third-order valence-corrected chi connectivity index (χ3v) is 7.41. The van der Waals surface area contributed by atoms with Crippen molar-refractivity contribution in [3.05, 3.63) is 82.3 Å². The maximum atomic E-state index is 13.6. The molecule has 3 rings (SSSR count). The highest BCUT2D eigenvalue weighted by atomic mass is 79.9. The van der Waals surface area contributed by atoms with Crippen LogP contribution in [-0.2, 0) is 19.6 Å². The largest absolute Gasteiger partial charge is 0.496 e. The van der Waals surface area contributed by atoms with Gasteiger partial charge in [0.2, 0.25) is 5.91 Å². The van der Waals surface area contributed by atoms with Crippen LogP contribution in [0.3, 0.4) is 0 Å². The molecular weight excluding hydrogens is 536 g/mol. The topological polar surface area (TPSA) is 102 Å². The summed E-state index contributed by atoms with van der Waals surface area (Å²) in [5.74, 6) is -0.743. The third kappa shape index (κ3) is 6.20. The molecule has 3 aromatic rings. The summed E-state index contributed by atoms with van der Waals surface area (Å²) in [6, 6.07) is 17.5. The number of halogens is 1. The molecule has 0 heterocycles. The number of para-hydroxylation sites is 1. The molecule has 8 nitrogen and oxygen atoms in total. The average molecular weight is 561 g/mol. The van der Waals surface area contributed by atoms with Crippen molar-refractivity contribution >= 4 is 49.2 Å². The Bertz CT molecular complexity index is 1330. The molecule has 0 radical (unpaired) electrons. The van der Waals surface area contributed by atoms with E-state index in [1.807, 2.05) is 6.92 Å². The summed E-state index contributed by atoms with van der Waals surface area (Å²) >= 11 is 3.31. The summed E-state index contributed by atoms with van der Waals surface area (Å²) in [7, 11) is -2.66. The van der Waals surface area contributed by atoms with E-state index in [0.29, 0.717) is 15.9 Å². The number of carbonyl (C=O) groups excluding carboxylic acids is 2. The Hall–Kier alpha value is -3.37. The predicted octanol–water partition coefficient (Wildman–Crippen LogP) is 4.78. The number of anilines is 2. The lowest BCUT2D eigenvalue weighted by atomic mass is 10.2. The van der Waals surface area contributed by atoms with Gasteiger partial charge in [-0.3, -0.25) is 9.10 Å². The Morgan fingerprint density at radius 2 is 1.71 bits per heavy atom. The highest BCUT2D eigenvalue weighted by molar-refractivity contribution is 9.10. The summed E-state index contributed by atoms with van der Waals surface area (Å²) < 4.78 is 39.0. The minimum atomic E-state index is -4.14. The van der Waals surface area contributed by atoms with E-state index in [1.54, 1.807) is 49.4 Å². The van der Waals surface area contributed by atoms with Gasteiger partial charge in [0, 0.05) is 0 Å². The second kappa shape index (κ2) is 11.4. The van der Waals surface area contributed by atoms with Crippen LogP contribution in [0, 0.1) is 6.92 Å². The summed E-state index contributed by atoms with van der Waals surface area (Å²) in [4.78, 5) is 25.3. The normalized spacial score (nSPS) is 11.0. The molecule has 0 unspecified atom stereocenters. The van der Waals surface area contributed by atoms with E-state index in [-0.39, 0.29) is 22.8 Å². The molecule has 0 saturated heterocycles. The molecular formula is C25H25BrN2O6S. The molecule has 3 aromatic carbocycles. The zero-order valence-corrected chi connectivity index (χ0v) is 21.9. The van der Waals surface area contributed by atoms with Crippen LogP contribution in [0.15, 0.2) is 76.1 Å². The van der Waals surface area contributed by atoms with Gasteiger partial charge in [-0.25, -0.2) is 13.2 Å². The Kier molecular flexibility index (Phi) is 8.52. The summed E-state index contributed by atoms with van der Waals surface area (Å²) in [6.45, 7) is 3.22. The molecule has 0 aliphatic heterocycles. The van der Waals surface area contributed by atoms with Gasteiger partial charge in [0.1, 0.15) is 12.3 Å². The van der Waals surface area contributed by atoms with Crippen molar-refractivity contribution in [3.63, 3.8) is 0 Å². The van der Waals surface area contributed by atoms with Crippen LogP contribution in [0.2, 0.25) is 0 Å². The van der Waals surface area contributed by atoms with Crippen LogP contribution in [0.4, 0.5) is 11.4 Å². The van der Waals surface area contributed by atoms with Crippen LogP contribution in [-0.4, -0.2) is 40.6 Å². The molecule has 0 atom stereocenters. The van der Waals surface area contributed by atoms with Gasteiger partial charge in [0.15, 0.2) is 0 Å². The zero-order valence-electron chi connectivity index (χ0n) is 19.4. The number of benzene rings is 3. The smallest absolute Gasteiger partial charge is 0.340 e. The van der Waals surface area contributed by atoms with Crippen molar-refractivity contribution < 1.29 is 27.5 Å². The number of nitrogens with zero attached hydrogens (tertiary/aromatic N) is 1. The lowest BCUT2D eigenvalue weighted by Crippen LogP contribution is -2.38. The molecule has 10 heteroatoms. The molecule has 0 spiro atoms. The number of nitrogens with one attached hydrogen (secondary N) is 1. The number of hydrogen-bond donors (Lipinski definition) is 1. The number of aryl methyl sites for hydroxylation is 1. The number of ether oxygens (including phenoxy) is 2. The van der Waals surface area contributed by atoms with Gasteiger partial charge in [-0.2, -0.15) is 0 Å². The third-order valence-electron chi connectivity index (χ3n) is 5.02. The number of methoxy groups -OCH3 is 1. The first kappa shape index (κ1) is 26.2. The van der Waals surface area contributed by atoms with Crippen LogP contribution in [0.25, 0.3) is 0 Å². The Morgan fingerprint density at radius 3 is 2.34 bits per heavy atom. The first-order chi connectivity index (χ1) is 16.7.